The molecule has 0 bridgehead atoms. The molecule has 0 atom stereocenters. The fourth-order valence-electron chi connectivity index (χ4n) is 1.13. The average molecular weight is 185 g/mol. The van der Waals surface area contributed by atoms with E-state index in [2.05, 4.69) is 4.98 Å². The third-order valence-electron chi connectivity index (χ3n) is 1.70. The number of nitrogens with zero attached hydrogens (tertiary/aromatic N) is 2. The highest BCUT2D eigenvalue weighted by atomic mass is 35.5. The highest BCUT2D eigenvalue weighted by molar-refractivity contribution is 6.16. The first kappa shape index (κ1) is 7.55. The number of rotatable bonds is 1. The zero-order chi connectivity index (χ0) is 8.55. The van der Waals surface area contributed by atoms with Gasteiger partial charge in [0.2, 0.25) is 0 Å². The van der Waals surface area contributed by atoms with Gasteiger partial charge in [0.15, 0.2) is 11.5 Å². The van der Waals surface area contributed by atoms with Gasteiger partial charge in [-0.25, -0.2) is 9.37 Å². The molecule has 0 aliphatic carbocycles. The van der Waals surface area contributed by atoms with Gasteiger partial charge < -0.3 is 4.40 Å². The summed E-state index contributed by atoms with van der Waals surface area (Å²) in [5.74, 6) is 0.0128. The van der Waals surface area contributed by atoms with Crippen LogP contribution in [0.2, 0.25) is 0 Å². The molecule has 12 heavy (non-hydrogen) atoms. The molecule has 0 saturated carbocycles. The highest BCUT2D eigenvalue weighted by Crippen LogP contribution is 2.11. The number of aromatic nitrogens is 2. The maximum atomic E-state index is 13.0. The van der Waals surface area contributed by atoms with Gasteiger partial charge in [-0.15, -0.1) is 11.6 Å². The number of fused-ring (bicyclic) bond motifs is 1. The van der Waals surface area contributed by atoms with E-state index in [-0.39, 0.29) is 5.82 Å². The molecule has 4 heteroatoms. The Bertz CT molecular complexity index is 410. The molecule has 0 amide bonds. The molecule has 0 spiro atoms. The summed E-state index contributed by atoms with van der Waals surface area (Å²) in [6.07, 6.45) is 3.31. The van der Waals surface area contributed by atoms with Crippen molar-refractivity contribution in [2.45, 2.75) is 5.88 Å². The fraction of sp³-hybridized carbons (Fsp3) is 0.125. The van der Waals surface area contributed by atoms with Crippen molar-refractivity contribution in [2.24, 2.45) is 0 Å². The van der Waals surface area contributed by atoms with Crippen LogP contribution < -0.4 is 0 Å². The molecule has 0 aliphatic heterocycles. The van der Waals surface area contributed by atoms with Gasteiger partial charge >= 0.3 is 0 Å². The van der Waals surface area contributed by atoms with Crippen LogP contribution in [0.4, 0.5) is 4.39 Å². The normalized spacial score (nSPS) is 10.8. The van der Waals surface area contributed by atoms with Crippen LogP contribution >= 0.6 is 11.6 Å². The molecule has 2 aromatic rings. The second-order valence-electron chi connectivity index (χ2n) is 2.43. The van der Waals surface area contributed by atoms with Crippen LogP contribution in [0.3, 0.4) is 0 Å². The summed E-state index contributed by atoms with van der Waals surface area (Å²) in [5, 5.41) is 0. The molecule has 0 unspecified atom stereocenters. The molecule has 0 aromatic carbocycles. The minimum Gasteiger partial charge on any atom is -0.300 e. The molecule has 0 fully saturated rings. The minimum absolute atomic E-state index is 0.325. The van der Waals surface area contributed by atoms with Crippen molar-refractivity contribution in [1.82, 2.24) is 9.38 Å². The quantitative estimate of drug-likeness (QED) is 0.622. The van der Waals surface area contributed by atoms with Crippen molar-refractivity contribution >= 4 is 17.2 Å². The van der Waals surface area contributed by atoms with Crippen molar-refractivity contribution < 1.29 is 4.39 Å². The van der Waals surface area contributed by atoms with Gasteiger partial charge in [0.05, 0.1) is 17.8 Å². The van der Waals surface area contributed by atoms with E-state index in [1.165, 1.54) is 6.07 Å². The summed E-state index contributed by atoms with van der Waals surface area (Å²) < 4.78 is 14.7. The van der Waals surface area contributed by atoms with E-state index >= 15 is 0 Å². The van der Waals surface area contributed by atoms with E-state index in [0.29, 0.717) is 11.5 Å². The first-order valence-electron chi connectivity index (χ1n) is 3.49. The van der Waals surface area contributed by atoms with Crippen LogP contribution in [0, 0.1) is 5.82 Å². The first-order chi connectivity index (χ1) is 5.83. The predicted molar refractivity (Wildman–Crippen MR) is 44.7 cm³/mol. The van der Waals surface area contributed by atoms with Crippen LogP contribution in [0.15, 0.2) is 24.5 Å². The Balaban J connectivity index is 2.80. The Kier molecular flexibility index (Phi) is 1.73. The lowest BCUT2D eigenvalue weighted by Crippen LogP contribution is -1.90. The van der Waals surface area contributed by atoms with Crippen LogP contribution in [0.1, 0.15) is 5.69 Å². The van der Waals surface area contributed by atoms with Crippen LogP contribution in [-0.4, -0.2) is 9.38 Å². The molecule has 2 heterocycles. The molecule has 0 radical (unpaired) electrons. The Labute approximate surface area is 73.6 Å². The van der Waals surface area contributed by atoms with E-state index in [0.717, 1.165) is 5.69 Å². The predicted octanol–water partition coefficient (Wildman–Crippen LogP) is 2.21. The summed E-state index contributed by atoms with van der Waals surface area (Å²) in [4.78, 5) is 3.89. The third-order valence-corrected chi connectivity index (χ3v) is 1.98. The van der Waals surface area contributed by atoms with Crippen LogP contribution in [-0.2, 0) is 5.88 Å². The highest BCUT2D eigenvalue weighted by Gasteiger charge is 2.04. The van der Waals surface area contributed by atoms with Gasteiger partial charge in [-0.05, 0) is 12.1 Å². The lowest BCUT2D eigenvalue weighted by molar-refractivity contribution is 0.629. The summed E-state index contributed by atoms with van der Waals surface area (Å²) in [6, 6.07) is 3.00. The van der Waals surface area contributed by atoms with Gasteiger partial charge in [-0.1, -0.05) is 0 Å². The van der Waals surface area contributed by atoms with E-state index < -0.39 is 0 Å². The van der Waals surface area contributed by atoms with E-state index in [1.54, 1.807) is 22.9 Å². The largest absolute Gasteiger partial charge is 0.300 e. The average Bonchev–Trinajstić information content (AvgIpc) is 2.49. The maximum absolute atomic E-state index is 13.0. The second-order valence-corrected chi connectivity index (χ2v) is 2.70. The molecule has 0 aliphatic rings. The SMILES string of the molecule is Fc1cccn2c(CCl)cnc12. The van der Waals surface area contributed by atoms with Crippen molar-refractivity contribution in [3.05, 3.63) is 36.0 Å². The number of hydrogen-bond acceptors (Lipinski definition) is 1. The van der Waals surface area contributed by atoms with E-state index in [1.807, 2.05) is 0 Å². The van der Waals surface area contributed by atoms with Crippen molar-refractivity contribution in [1.29, 1.82) is 0 Å². The van der Waals surface area contributed by atoms with Crippen molar-refractivity contribution in [3.63, 3.8) is 0 Å². The zero-order valence-electron chi connectivity index (χ0n) is 6.17. The van der Waals surface area contributed by atoms with Gasteiger partial charge in [0.25, 0.3) is 0 Å². The Morgan fingerprint density at radius 1 is 1.58 bits per heavy atom. The minimum atomic E-state index is -0.325. The molecular weight excluding hydrogens is 179 g/mol. The fourth-order valence-corrected chi connectivity index (χ4v) is 1.32. The molecule has 2 rings (SSSR count). The van der Waals surface area contributed by atoms with E-state index in [9.17, 15) is 4.39 Å². The Morgan fingerprint density at radius 2 is 2.42 bits per heavy atom. The molecule has 62 valence electrons. The van der Waals surface area contributed by atoms with Gasteiger partial charge in [0, 0.05) is 6.20 Å². The standard InChI is InChI=1S/C8H6ClFN2/c9-4-6-5-11-8-7(10)2-1-3-12(6)8/h1-3,5H,4H2. The number of pyridine rings is 1. The van der Waals surface area contributed by atoms with Crippen molar-refractivity contribution in [2.75, 3.05) is 0 Å². The Morgan fingerprint density at radius 3 is 3.17 bits per heavy atom. The number of imidazole rings is 1. The van der Waals surface area contributed by atoms with Gasteiger partial charge in [-0.3, -0.25) is 0 Å². The molecule has 2 nitrogen and oxygen atoms in total. The molecule has 0 saturated heterocycles. The van der Waals surface area contributed by atoms with Crippen LogP contribution in [0.5, 0.6) is 0 Å². The molecule has 2 aromatic heterocycles. The lowest BCUT2D eigenvalue weighted by atomic mass is 10.4. The number of hydrogen-bond donors (Lipinski definition) is 0. The summed E-state index contributed by atoms with van der Waals surface area (Å²) in [6.45, 7) is 0. The maximum Gasteiger partial charge on any atom is 0.173 e. The summed E-state index contributed by atoms with van der Waals surface area (Å²) in [5.41, 5.74) is 1.12. The Hall–Kier alpha value is -1.09. The molecular formula is C8H6ClFN2. The van der Waals surface area contributed by atoms with Gasteiger partial charge in [-0.2, -0.15) is 0 Å². The summed E-state index contributed by atoms with van der Waals surface area (Å²) >= 11 is 5.62. The second kappa shape index (κ2) is 2.75. The lowest BCUT2D eigenvalue weighted by Gasteiger charge is -1.96. The van der Waals surface area contributed by atoms with Gasteiger partial charge in [0.1, 0.15) is 0 Å². The van der Waals surface area contributed by atoms with E-state index in [4.69, 9.17) is 11.6 Å². The smallest absolute Gasteiger partial charge is 0.173 e. The number of halogens is 2. The van der Waals surface area contributed by atoms with Crippen molar-refractivity contribution in [3.8, 4) is 0 Å². The topological polar surface area (TPSA) is 17.3 Å². The molecule has 0 N–H and O–H groups in total. The number of alkyl halides is 1. The van der Waals surface area contributed by atoms with Crippen LogP contribution in [0.25, 0.3) is 5.65 Å². The third kappa shape index (κ3) is 0.975. The zero-order valence-corrected chi connectivity index (χ0v) is 6.92. The monoisotopic (exact) mass is 184 g/mol. The first-order valence-corrected chi connectivity index (χ1v) is 4.03. The summed E-state index contributed by atoms with van der Waals surface area (Å²) in [7, 11) is 0.